The molecule has 1 aliphatic carbocycles. The number of rotatable bonds is 6. The zero-order chi connectivity index (χ0) is 19.8. The van der Waals surface area contributed by atoms with Crippen LogP contribution in [-0.2, 0) is 6.54 Å². The second-order valence-corrected chi connectivity index (χ2v) is 6.67. The fourth-order valence-corrected chi connectivity index (χ4v) is 2.91. The molecule has 0 unspecified atom stereocenters. The van der Waals surface area contributed by atoms with E-state index >= 15 is 0 Å². The van der Waals surface area contributed by atoms with Crippen molar-refractivity contribution in [2.45, 2.75) is 31.7 Å². The molecule has 7 nitrogen and oxygen atoms in total. The van der Waals surface area contributed by atoms with Crippen LogP contribution in [0.15, 0.2) is 36.4 Å². The lowest BCUT2D eigenvalue weighted by Crippen LogP contribution is -2.23. The fourth-order valence-electron chi connectivity index (χ4n) is 2.91. The van der Waals surface area contributed by atoms with Gasteiger partial charge in [0.1, 0.15) is 5.69 Å². The molecule has 2 heterocycles. The van der Waals surface area contributed by atoms with Gasteiger partial charge in [0.15, 0.2) is 11.3 Å². The van der Waals surface area contributed by atoms with E-state index in [2.05, 4.69) is 15.4 Å². The molecule has 1 aliphatic rings. The van der Waals surface area contributed by atoms with Crippen LogP contribution in [0.4, 0.5) is 8.78 Å². The van der Waals surface area contributed by atoms with Crippen LogP contribution in [-0.4, -0.2) is 31.6 Å². The van der Waals surface area contributed by atoms with E-state index < -0.39 is 18.3 Å². The number of hydrogen-bond donors (Lipinski definition) is 2. The number of nitrogens with one attached hydrogen (secondary N) is 1. The monoisotopic (exact) mass is 386 g/mol. The summed E-state index contributed by atoms with van der Waals surface area (Å²) in [6.45, 7) is 0.148. The van der Waals surface area contributed by atoms with Gasteiger partial charge >= 0.3 is 5.97 Å². The van der Waals surface area contributed by atoms with Gasteiger partial charge in [0.2, 0.25) is 0 Å². The van der Waals surface area contributed by atoms with Crippen molar-refractivity contribution in [1.82, 2.24) is 19.9 Å². The number of carbonyl (C=O) groups is 2. The molecule has 1 aromatic carbocycles. The first kappa shape index (κ1) is 18.0. The second kappa shape index (κ2) is 6.99. The topological polar surface area (TPSA) is 96.6 Å². The largest absolute Gasteiger partial charge is 0.478 e. The van der Waals surface area contributed by atoms with Gasteiger partial charge in [-0.25, -0.2) is 23.1 Å². The summed E-state index contributed by atoms with van der Waals surface area (Å²) in [5.41, 5.74) is 1.38. The summed E-state index contributed by atoms with van der Waals surface area (Å²) in [4.78, 5) is 27.6. The number of fused-ring (bicyclic) bond motifs is 1. The molecule has 1 saturated carbocycles. The molecular formula is C19H16F2N4O3. The van der Waals surface area contributed by atoms with Crippen molar-refractivity contribution < 1.29 is 23.5 Å². The van der Waals surface area contributed by atoms with E-state index in [1.807, 2.05) is 0 Å². The van der Waals surface area contributed by atoms with E-state index in [9.17, 15) is 18.4 Å². The smallest absolute Gasteiger partial charge is 0.335 e. The SMILES string of the molecule is O=C(O)c1ccc(CNC(=O)c2cc3nc(C4CC4)cc(C(F)F)n3n2)cc1. The van der Waals surface area contributed by atoms with Crippen LogP contribution < -0.4 is 5.32 Å². The Balaban J connectivity index is 1.54. The number of aromatic carboxylic acids is 1. The van der Waals surface area contributed by atoms with Crippen molar-refractivity contribution in [1.29, 1.82) is 0 Å². The van der Waals surface area contributed by atoms with Gasteiger partial charge in [-0.05, 0) is 36.6 Å². The van der Waals surface area contributed by atoms with Gasteiger partial charge < -0.3 is 10.4 Å². The van der Waals surface area contributed by atoms with Crippen LogP contribution in [0.1, 0.15) is 63.0 Å². The summed E-state index contributed by atoms with van der Waals surface area (Å²) < 4.78 is 27.8. The van der Waals surface area contributed by atoms with Crippen molar-refractivity contribution in [3.63, 3.8) is 0 Å². The molecule has 2 aromatic heterocycles. The lowest BCUT2D eigenvalue weighted by Gasteiger charge is -2.06. The lowest BCUT2D eigenvalue weighted by atomic mass is 10.1. The standard InChI is InChI=1S/C19H16F2N4O3/c20-17(21)15-7-13(11-5-6-11)23-16-8-14(24-25(15)16)18(26)22-9-10-1-3-12(4-2-10)19(27)28/h1-4,7-8,11,17H,5-6,9H2,(H,22,26)(H,27,28). The molecule has 1 fully saturated rings. The zero-order valence-corrected chi connectivity index (χ0v) is 14.6. The van der Waals surface area contributed by atoms with Crippen molar-refractivity contribution >= 4 is 17.5 Å². The highest BCUT2D eigenvalue weighted by atomic mass is 19.3. The number of hydrogen-bond acceptors (Lipinski definition) is 4. The number of nitrogens with zero attached hydrogens (tertiary/aromatic N) is 3. The molecule has 4 rings (SSSR count). The summed E-state index contributed by atoms with van der Waals surface area (Å²) in [6.07, 6.45) is -0.881. The number of amides is 1. The molecule has 2 N–H and O–H groups in total. The molecule has 0 saturated heterocycles. The summed E-state index contributed by atoms with van der Waals surface area (Å²) >= 11 is 0. The Morgan fingerprint density at radius 2 is 1.93 bits per heavy atom. The zero-order valence-electron chi connectivity index (χ0n) is 14.6. The van der Waals surface area contributed by atoms with E-state index in [-0.39, 0.29) is 35.1 Å². The maximum Gasteiger partial charge on any atom is 0.335 e. The van der Waals surface area contributed by atoms with E-state index in [1.54, 1.807) is 12.1 Å². The highest BCUT2D eigenvalue weighted by molar-refractivity contribution is 5.93. The number of carbonyl (C=O) groups excluding carboxylic acids is 1. The van der Waals surface area contributed by atoms with Crippen LogP contribution in [0, 0.1) is 0 Å². The Labute approximate surface area is 158 Å². The predicted octanol–water partition coefficient (Wildman–Crippen LogP) is 3.17. The van der Waals surface area contributed by atoms with E-state index in [1.165, 1.54) is 24.3 Å². The molecule has 0 aliphatic heterocycles. The molecule has 0 bridgehead atoms. The van der Waals surface area contributed by atoms with Gasteiger partial charge in [-0.1, -0.05) is 12.1 Å². The fraction of sp³-hybridized carbons (Fsp3) is 0.263. The minimum Gasteiger partial charge on any atom is -0.478 e. The summed E-state index contributed by atoms with van der Waals surface area (Å²) in [5.74, 6) is -1.36. The maximum absolute atomic E-state index is 13.4. The van der Waals surface area contributed by atoms with Gasteiger partial charge in [-0.2, -0.15) is 5.10 Å². The average Bonchev–Trinajstić information content (AvgIpc) is 3.44. The van der Waals surface area contributed by atoms with Gasteiger partial charge in [0, 0.05) is 24.2 Å². The average molecular weight is 386 g/mol. The second-order valence-electron chi connectivity index (χ2n) is 6.67. The predicted molar refractivity (Wildman–Crippen MR) is 94.5 cm³/mol. The first-order chi connectivity index (χ1) is 13.4. The third-order valence-electron chi connectivity index (χ3n) is 4.58. The van der Waals surface area contributed by atoms with Gasteiger partial charge in [-0.3, -0.25) is 4.79 Å². The minimum absolute atomic E-state index is 0.00972. The van der Waals surface area contributed by atoms with Gasteiger partial charge in [0.25, 0.3) is 12.3 Å². The van der Waals surface area contributed by atoms with E-state index in [0.29, 0.717) is 11.3 Å². The number of carboxylic acids is 1. The molecule has 144 valence electrons. The van der Waals surface area contributed by atoms with Crippen LogP contribution in [0.2, 0.25) is 0 Å². The van der Waals surface area contributed by atoms with Crippen molar-refractivity contribution in [2.24, 2.45) is 0 Å². The molecule has 0 atom stereocenters. The molecule has 0 spiro atoms. The number of alkyl halides is 2. The normalized spacial score (nSPS) is 13.8. The first-order valence-electron chi connectivity index (χ1n) is 8.71. The molecule has 1 amide bonds. The van der Waals surface area contributed by atoms with Crippen LogP contribution in [0.5, 0.6) is 0 Å². The van der Waals surface area contributed by atoms with Crippen molar-refractivity contribution in [2.75, 3.05) is 0 Å². The van der Waals surface area contributed by atoms with Crippen molar-refractivity contribution in [3.05, 3.63) is 64.6 Å². The number of aromatic nitrogens is 3. The Kier molecular flexibility index (Phi) is 4.50. The summed E-state index contributed by atoms with van der Waals surface area (Å²) in [7, 11) is 0. The molecule has 9 heteroatoms. The molecule has 28 heavy (non-hydrogen) atoms. The van der Waals surface area contributed by atoms with Crippen LogP contribution >= 0.6 is 0 Å². The highest BCUT2D eigenvalue weighted by Gasteiger charge is 2.28. The maximum atomic E-state index is 13.4. The molecule has 0 radical (unpaired) electrons. The highest BCUT2D eigenvalue weighted by Crippen LogP contribution is 2.40. The Bertz CT molecular complexity index is 1060. The van der Waals surface area contributed by atoms with E-state index in [4.69, 9.17) is 5.11 Å². The summed E-state index contributed by atoms with van der Waals surface area (Å²) in [5, 5.41) is 15.5. The van der Waals surface area contributed by atoms with Crippen molar-refractivity contribution in [3.8, 4) is 0 Å². The molecular weight excluding hydrogens is 370 g/mol. The third kappa shape index (κ3) is 3.55. The number of halogens is 2. The van der Waals surface area contributed by atoms with Gasteiger partial charge in [0.05, 0.1) is 5.56 Å². The quantitative estimate of drug-likeness (QED) is 0.678. The van der Waals surface area contributed by atoms with Crippen LogP contribution in [0.25, 0.3) is 5.65 Å². The molecule has 3 aromatic rings. The van der Waals surface area contributed by atoms with E-state index in [0.717, 1.165) is 17.4 Å². The Morgan fingerprint density at radius 3 is 2.54 bits per heavy atom. The number of carboxylic acid groups (broad SMARTS) is 1. The Hall–Kier alpha value is -3.36. The summed E-state index contributed by atoms with van der Waals surface area (Å²) in [6, 6.07) is 8.80. The third-order valence-corrected chi connectivity index (χ3v) is 4.58. The van der Waals surface area contributed by atoms with Gasteiger partial charge in [-0.15, -0.1) is 0 Å². The Morgan fingerprint density at radius 1 is 1.21 bits per heavy atom. The minimum atomic E-state index is -2.73. The lowest BCUT2D eigenvalue weighted by molar-refractivity contribution is 0.0696. The van der Waals surface area contributed by atoms with Crippen LogP contribution in [0.3, 0.4) is 0 Å². The first-order valence-corrected chi connectivity index (χ1v) is 8.71. The number of benzene rings is 1.